The second-order valence-corrected chi connectivity index (χ2v) is 27.2. The number of rotatable bonds is 2. The van der Waals surface area contributed by atoms with Gasteiger partial charge in [-0.3, -0.25) is 0 Å². The van der Waals surface area contributed by atoms with Crippen LogP contribution in [0.15, 0.2) is 127 Å². The Labute approximate surface area is 427 Å². The molecule has 0 spiro atoms. The van der Waals surface area contributed by atoms with Gasteiger partial charge < -0.3 is 9.80 Å². The molecule has 3 heteroatoms. The van der Waals surface area contributed by atoms with Crippen LogP contribution in [0.25, 0.3) is 22.3 Å². The van der Waals surface area contributed by atoms with E-state index in [0.29, 0.717) is 0 Å². The maximum Gasteiger partial charge on any atom is 0.252 e. The molecule has 7 aromatic rings. The van der Waals surface area contributed by atoms with Gasteiger partial charge in [-0.2, -0.15) is 0 Å². The third kappa shape index (κ3) is 7.01. The number of nitrogens with zero attached hydrogens (tertiary/aromatic N) is 2. The van der Waals surface area contributed by atoms with Crippen molar-refractivity contribution in [2.24, 2.45) is 0 Å². The van der Waals surface area contributed by atoms with Crippen LogP contribution >= 0.6 is 0 Å². The van der Waals surface area contributed by atoms with E-state index in [1.807, 2.05) is 0 Å². The molecule has 12 rings (SSSR count). The molecule has 1 unspecified atom stereocenters. The van der Waals surface area contributed by atoms with Crippen molar-refractivity contribution in [3.05, 3.63) is 172 Å². The minimum absolute atomic E-state index is 0.0153. The molecule has 3 aliphatic heterocycles. The highest BCUT2D eigenvalue weighted by Crippen LogP contribution is 2.56. The normalized spacial score (nSPS) is 19.5. The fourth-order valence-corrected chi connectivity index (χ4v) is 13.6. The zero-order valence-corrected chi connectivity index (χ0v) is 45.5. The van der Waals surface area contributed by atoms with E-state index in [2.05, 4.69) is 241 Å². The van der Waals surface area contributed by atoms with Gasteiger partial charge in [-0.25, -0.2) is 0 Å². The molecular weight excluding hydrogens is 856 g/mol. The van der Waals surface area contributed by atoms with E-state index in [0.717, 1.165) is 0 Å². The largest absolute Gasteiger partial charge is 0.311 e. The molecule has 360 valence electrons. The van der Waals surface area contributed by atoms with Crippen molar-refractivity contribution in [2.75, 3.05) is 9.80 Å². The summed E-state index contributed by atoms with van der Waals surface area (Å²) in [6, 6.07) is 51.6. The lowest BCUT2D eigenvalue weighted by atomic mass is 9.32. The molecule has 3 heterocycles. The van der Waals surface area contributed by atoms with Gasteiger partial charge in [0.05, 0.1) is 5.69 Å². The van der Waals surface area contributed by atoms with Crippen molar-refractivity contribution < 1.29 is 0 Å². The number of fused-ring (bicyclic) bond motifs is 13. The van der Waals surface area contributed by atoms with Gasteiger partial charge in [0.1, 0.15) is 0 Å². The fourth-order valence-electron chi connectivity index (χ4n) is 13.6. The highest BCUT2D eigenvalue weighted by Gasteiger charge is 2.48. The quantitative estimate of drug-likeness (QED) is 0.159. The predicted octanol–water partition coefficient (Wildman–Crippen LogP) is 16.9. The molecule has 0 fully saturated rings. The van der Waals surface area contributed by atoms with E-state index in [9.17, 15) is 0 Å². The summed E-state index contributed by atoms with van der Waals surface area (Å²) < 4.78 is 0. The number of hydrogen-bond acceptors (Lipinski definition) is 2. The molecule has 0 N–H and O–H groups in total. The maximum absolute atomic E-state index is 2.75. The first-order valence-electron chi connectivity index (χ1n) is 26.9. The SMILES string of the molecule is CC1c2cccc(c2)-c2cc(C(C)(C)C)cc(-c3ccccc3)c2N2c3ccc(C(C)(C)C)cc3B3c4cc5c(cc4N(c4ccc6c(c4)C(C)(C)CCC6(C)C)c4cc1cc2c43)C(C)(C)CCC5(C)C. The van der Waals surface area contributed by atoms with E-state index in [1.54, 1.807) is 0 Å². The summed E-state index contributed by atoms with van der Waals surface area (Å²) in [6.45, 7) is 36.6. The van der Waals surface area contributed by atoms with E-state index in [-0.39, 0.29) is 45.1 Å². The molecule has 7 aromatic carbocycles. The van der Waals surface area contributed by atoms with Gasteiger partial charge in [0.2, 0.25) is 0 Å². The average Bonchev–Trinajstić information content (AvgIpc) is 3.32. The smallest absolute Gasteiger partial charge is 0.252 e. The Kier molecular flexibility index (Phi) is 9.86. The van der Waals surface area contributed by atoms with Crippen LogP contribution < -0.4 is 26.2 Å². The lowest BCUT2D eigenvalue weighted by Crippen LogP contribution is -2.62. The summed E-state index contributed by atoms with van der Waals surface area (Å²) >= 11 is 0. The van der Waals surface area contributed by atoms with Crippen LogP contribution in [0.3, 0.4) is 0 Å². The van der Waals surface area contributed by atoms with Gasteiger partial charge in [0, 0.05) is 45.5 Å². The van der Waals surface area contributed by atoms with Crippen molar-refractivity contribution in [3.8, 4) is 22.3 Å². The monoisotopic (exact) mass is 931 g/mol. The molecule has 5 aliphatic rings. The second-order valence-electron chi connectivity index (χ2n) is 27.2. The highest BCUT2D eigenvalue weighted by molar-refractivity contribution is 7.00. The molecule has 2 aliphatic carbocycles. The third-order valence-electron chi connectivity index (χ3n) is 18.5. The minimum Gasteiger partial charge on any atom is -0.311 e. The lowest BCUT2D eigenvalue weighted by Gasteiger charge is -2.48. The molecule has 0 aromatic heterocycles. The van der Waals surface area contributed by atoms with Gasteiger partial charge in [-0.1, -0.05) is 183 Å². The first-order chi connectivity index (χ1) is 33.3. The molecule has 71 heavy (non-hydrogen) atoms. The van der Waals surface area contributed by atoms with Crippen LogP contribution in [0.4, 0.5) is 34.1 Å². The topological polar surface area (TPSA) is 6.48 Å². The van der Waals surface area contributed by atoms with Crippen molar-refractivity contribution in [3.63, 3.8) is 0 Å². The lowest BCUT2D eigenvalue weighted by molar-refractivity contribution is 0.332. The third-order valence-corrected chi connectivity index (χ3v) is 18.5. The van der Waals surface area contributed by atoms with Crippen molar-refractivity contribution in [1.82, 2.24) is 0 Å². The number of hydrogen-bond donors (Lipinski definition) is 0. The zero-order valence-electron chi connectivity index (χ0n) is 45.5. The second kappa shape index (κ2) is 15.1. The first kappa shape index (κ1) is 46.3. The Hall–Kier alpha value is -5.80. The highest BCUT2D eigenvalue weighted by atomic mass is 15.2. The Bertz CT molecular complexity index is 3370. The van der Waals surface area contributed by atoms with E-state index < -0.39 is 0 Å². The molecule has 2 nitrogen and oxygen atoms in total. The fraction of sp³-hybridized carbons (Fsp3) is 0.382. The summed E-state index contributed by atoms with van der Waals surface area (Å²) in [5, 5.41) is 0. The van der Waals surface area contributed by atoms with E-state index in [4.69, 9.17) is 0 Å². The van der Waals surface area contributed by atoms with Crippen LogP contribution in [0.2, 0.25) is 0 Å². The summed E-state index contributed by atoms with van der Waals surface area (Å²) in [5.41, 5.74) is 28.6. The predicted molar refractivity (Wildman–Crippen MR) is 307 cm³/mol. The molecule has 4 bridgehead atoms. The van der Waals surface area contributed by atoms with Crippen molar-refractivity contribution in [1.29, 1.82) is 0 Å². The minimum atomic E-state index is -0.0747. The summed E-state index contributed by atoms with van der Waals surface area (Å²) in [6.07, 6.45) is 4.72. The molecule has 1 atom stereocenters. The van der Waals surface area contributed by atoms with E-state index in [1.165, 1.54) is 143 Å². The first-order valence-corrected chi connectivity index (χ1v) is 26.9. The molecular formula is C68H75BN2. The standard InChI is InChI=1S/C68H75BN2/c1-41-43-22-19-23-44(32-43)50-36-47(64(5,6)7)35-49(42-20-17-16-18-21-42)62(50)71-57-27-24-46(63(2,3)4)37-55(57)69-56-39-53-54(68(14,15)31-30-67(53,12)13)40-58(56)70(59-33-45(41)34-60(71)61(59)69)48-25-26-51-52(38-48)66(10,11)29-28-65(51,8)9/h16-27,32-41H,28-31H2,1-15H3. The van der Waals surface area contributed by atoms with Crippen LogP contribution in [0.1, 0.15) is 180 Å². The molecule has 0 saturated heterocycles. The Morgan fingerprint density at radius 1 is 0.437 bits per heavy atom. The number of benzene rings is 7. The number of anilines is 6. The van der Waals surface area contributed by atoms with Gasteiger partial charge in [-0.15, -0.1) is 0 Å². The van der Waals surface area contributed by atoms with Gasteiger partial charge >= 0.3 is 0 Å². The van der Waals surface area contributed by atoms with Gasteiger partial charge in [0.25, 0.3) is 6.71 Å². The average molecular weight is 931 g/mol. The Morgan fingerprint density at radius 3 is 1.62 bits per heavy atom. The van der Waals surface area contributed by atoms with Crippen LogP contribution in [0.5, 0.6) is 0 Å². The Balaban J connectivity index is 1.28. The van der Waals surface area contributed by atoms with E-state index >= 15 is 0 Å². The molecule has 0 amide bonds. The molecule has 0 saturated carbocycles. The van der Waals surface area contributed by atoms with Crippen LogP contribution in [0, 0.1) is 0 Å². The zero-order chi connectivity index (χ0) is 50.1. The summed E-state index contributed by atoms with van der Waals surface area (Å²) in [5.74, 6) is 0.150. The maximum atomic E-state index is 2.75. The van der Waals surface area contributed by atoms with Crippen LogP contribution in [-0.2, 0) is 32.5 Å². The van der Waals surface area contributed by atoms with Crippen LogP contribution in [-0.4, -0.2) is 6.71 Å². The summed E-state index contributed by atoms with van der Waals surface area (Å²) in [4.78, 5) is 5.49. The Morgan fingerprint density at radius 2 is 0.986 bits per heavy atom. The van der Waals surface area contributed by atoms with Gasteiger partial charge in [0.15, 0.2) is 0 Å². The molecule has 0 radical (unpaired) electrons. The summed E-state index contributed by atoms with van der Waals surface area (Å²) in [7, 11) is 0. The van der Waals surface area contributed by atoms with Crippen molar-refractivity contribution >= 4 is 57.2 Å². The van der Waals surface area contributed by atoms with Crippen molar-refractivity contribution in [2.45, 2.75) is 168 Å². The van der Waals surface area contributed by atoms with Gasteiger partial charge in [-0.05, 0) is 179 Å².